The van der Waals surface area contributed by atoms with Gasteiger partial charge in [-0.25, -0.2) is 4.39 Å². The maximum Gasteiger partial charge on any atom is 0.201 e. The smallest absolute Gasteiger partial charge is 0.201 e. The number of ether oxygens (including phenoxy) is 1. The monoisotopic (exact) mass is 376 g/mol. The molecule has 0 atom stereocenters. The van der Waals surface area contributed by atoms with Gasteiger partial charge in [-0.15, -0.1) is 0 Å². The number of halogens is 4. The third-order valence-corrected chi connectivity index (χ3v) is 3.65. The zero-order valence-corrected chi connectivity index (χ0v) is 13.1. The Morgan fingerprint density at radius 2 is 1.95 bits per heavy atom. The predicted octanol–water partition coefficient (Wildman–Crippen LogP) is 5.16. The van der Waals surface area contributed by atoms with Crippen molar-refractivity contribution in [2.45, 2.75) is 0 Å². The first-order chi connectivity index (χ1) is 9.47. The van der Waals surface area contributed by atoms with Crippen molar-refractivity contribution in [2.24, 2.45) is 0 Å². The summed E-state index contributed by atoms with van der Waals surface area (Å²) in [6, 6.07) is 8.75. The van der Waals surface area contributed by atoms with Crippen molar-refractivity contribution < 1.29 is 13.9 Å². The van der Waals surface area contributed by atoms with E-state index in [0.717, 1.165) is 0 Å². The summed E-state index contributed by atoms with van der Waals surface area (Å²) in [6.07, 6.45) is 0. The second-order valence-electron chi connectivity index (χ2n) is 3.91. The molecule has 0 bridgehead atoms. The first kappa shape index (κ1) is 15.3. The van der Waals surface area contributed by atoms with Gasteiger partial charge >= 0.3 is 0 Å². The van der Waals surface area contributed by atoms with Gasteiger partial charge in [0.2, 0.25) is 5.78 Å². The zero-order valence-electron chi connectivity index (χ0n) is 10.00. The Bertz CT molecular complexity index is 662. The van der Waals surface area contributed by atoms with E-state index in [4.69, 9.17) is 27.9 Å². The molecule has 0 aromatic heterocycles. The minimum absolute atomic E-state index is 0.195. The number of carbonyl (C=O) groups excluding carboxylic acids is 1. The van der Waals surface area contributed by atoms with Crippen LogP contribution in [0.2, 0.25) is 10.0 Å². The topological polar surface area (TPSA) is 26.3 Å². The van der Waals surface area contributed by atoms with E-state index in [1.165, 1.54) is 30.3 Å². The molecule has 0 radical (unpaired) electrons. The molecule has 0 N–H and O–H groups in total. The summed E-state index contributed by atoms with van der Waals surface area (Å²) in [5.41, 5.74) is 0.331. The molecule has 0 aliphatic heterocycles. The molecule has 0 unspecified atom stereocenters. The second kappa shape index (κ2) is 6.57. The molecular weight excluding hydrogens is 370 g/mol. The Kier molecular flexibility index (Phi) is 5.02. The molecule has 0 saturated heterocycles. The number of Topliss-reactive ketones (excluding diaryl/α,β-unsaturated/α-hetero) is 1. The maximum absolute atomic E-state index is 13.1. The lowest BCUT2D eigenvalue weighted by Crippen LogP contribution is -2.12. The van der Waals surface area contributed by atoms with E-state index in [0.29, 0.717) is 16.3 Å². The number of rotatable bonds is 4. The van der Waals surface area contributed by atoms with Crippen LogP contribution in [0.4, 0.5) is 4.39 Å². The van der Waals surface area contributed by atoms with Crippen LogP contribution in [0.25, 0.3) is 0 Å². The maximum atomic E-state index is 13.1. The minimum Gasteiger partial charge on any atom is -0.485 e. The van der Waals surface area contributed by atoms with E-state index >= 15 is 0 Å². The van der Waals surface area contributed by atoms with Gasteiger partial charge in [0.1, 0.15) is 11.6 Å². The summed E-state index contributed by atoms with van der Waals surface area (Å²) in [7, 11) is 0. The lowest BCUT2D eigenvalue weighted by atomic mass is 10.1. The average Bonchev–Trinajstić information content (AvgIpc) is 2.40. The third kappa shape index (κ3) is 3.72. The van der Waals surface area contributed by atoms with E-state index in [1.54, 1.807) is 6.07 Å². The van der Waals surface area contributed by atoms with Crippen molar-refractivity contribution in [1.82, 2.24) is 0 Å². The van der Waals surface area contributed by atoms with Gasteiger partial charge in [0.05, 0.1) is 9.50 Å². The van der Waals surface area contributed by atoms with Crippen LogP contribution >= 0.6 is 39.1 Å². The van der Waals surface area contributed by atoms with Gasteiger partial charge in [0.25, 0.3) is 0 Å². The Balaban J connectivity index is 2.06. The zero-order chi connectivity index (χ0) is 14.7. The molecule has 0 aliphatic rings. The van der Waals surface area contributed by atoms with Crippen molar-refractivity contribution in [3.8, 4) is 5.75 Å². The van der Waals surface area contributed by atoms with Gasteiger partial charge in [-0.05, 0) is 52.3 Å². The number of hydrogen-bond donors (Lipinski definition) is 0. The Morgan fingerprint density at radius 3 is 2.60 bits per heavy atom. The summed E-state index contributed by atoms with van der Waals surface area (Å²) >= 11 is 14.7. The van der Waals surface area contributed by atoms with Crippen LogP contribution < -0.4 is 4.74 Å². The normalized spacial score (nSPS) is 10.4. The van der Waals surface area contributed by atoms with Crippen molar-refractivity contribution in [2.75, 3.05) is 6.61 Å². The van der Waals surface area contributed by atoms with Crippen molar-refractivity contribution in [3.05, 3.63) is 62.3 Å². The molecule has 0 heterocycles. The van der Waals surface area contributed by atoms with Crippen molar-refractivity contribution in [3.63, 3.8) is 0 Å². The summed E-state index contributed by atoms with van der Waals surface area (Å²) in [5, 5.41) is 0.723. The quantitative estimate of drug-likeness (QED) is 0.688. The first-order valence-electron chi connectivity index (χ1n) is 5.53. The standard InChI is InChI=1S/C14H8BrCl2FO2/c15-11-6-9(2-4-13(11)18)20-7-14(19)10-3-1-8(16)5-12(10)17/h1-6H,7H2. The molecule has 20 heavy (non-hydrogen) atoms. The molecule has 2 rings (SSSR count). The highest BCUT2D eigenvalue weighted by Crippen LogP contribution is 2.23. The van der Waals surface area contributed by atoms with Gasteiger partial charge in [-0.2, -0.15) is 0 Å². The van der Waals surface area contributed by atoms with Crippen LogP contribution in [0.3, 0.4) is 0 Å². The molecule has 2 aromatic carbocycles. The fraction of sp³-hybridized carbons (Fsp3) is 0.0714. The Morgan fingerprint density at radius 1 is 1.20 bits per heavy atom. The lowest BCUT2D eigenvalue weighted by molar-refractivity contribution is 0.0921. The third-order valence-electron chi connectivity index (χ3n) is 2.49. The van der Waals surface area contributed by atoms with Crippen LogP contribution in [0.1, 0.15) is 10.4 Å². The lowest BCUT2D eigenvalue weighted by Gasteiger charge is -2.07. The van der Waals surface area contributed by atoms with Crippen molar-refractivity contribution in [1.29, 1.82) is 0 Å². The molecule has 0 saturated carbocycles. The highest BCUT2D eigenvalue weighted by Gasteiger charge is 2.12. The minimum atomic E-state index is -0.399. The molecule has 0 spiro atoms. The molecule has 6 heteroatoms. The summed E-state index contributed by atoms with van der Waals surface area (Å²) in [4.78, 5) is 12.0. The molecule has 0 fully saturated rings. The predicted molar refractivity (Wildman–Crippen MR) is 80.4 cm³/mol. The number of carbonyl (C=O) groups is 1. The van der Waals surface area contributed by atoms with Crippen LogP contribution in [-0.2, 0) is 0 Å². The Labute approximate surface area is 133 Å². The van der Waals surface area contributed by atoms with E-state index in [-0.39, 0.29) is 21.9 Å². The highest BCUT2D eigenvalue weighted by atomic mass is 79.9. The van der Waals surface area contributed by atoms with E-state index in [9.17, 15) is 9.18 Å². The molecule has 2 aromatic rings. The van der Waals surface area contributed by atoms with Gasteiger partial charge in [0.15, 0.2) is 6.61 Å². The summed E-state index contributed by atoms with van der Waals surface area (Å²) in [6.45, 7) is -0.195. The fourth-order valence-corrected chi connectivity index (χ4v) is 2.38. The summed E-state index contributed by atoms with van der Waals surface area (Å²) < 4.78 is 18.6. The van der Waals surface area contributed by atoms with E-state index in [1.807, 2.05) is 0 Å². The van der Waals surface area contributed by atoms with Crippen LogP contribution in [0, 0.1) is 5.82 Å². The van der Waals surface area contributed by atoms with E-state index < -0.39 is 5.82 Å². The second-order valence-corrected chi connectivity index (χ2v) is 5.61. The van der Waals surface area contributed by atoms with Crippen LogP contribution in [0.15, 0.2) is 40.9 Å². The van der Waals surface area contributed by atoms with Gasteiger partial charge in [-0.1, -0.05) is 23.2 Å². The largest absolute Gasteiger partial charge is 0.485 e. The van der Waals surface area contributed by atoms with Crippen LogP contribution in [0.5, 0.6) is 5.75 Å². The first-order valence-corrected chi connectivity index (χ1v) is 7.08. The van der Waals surface area contributed by atoms with Gasteiger partial charge in [-0.3, -0.25) is 4.79 Å². The van der Waals surface area contributed by atoms with E-state index in [2.05, 4.69) is 15.9 Å². The molecule has 0 amide bonds. The molecule has 104 valence electrons. The number of hydrogen-bond acceptors (Lipinski definition) is 2. The highest BCUT2D eigenvalue weighted by molar-refractivity contribution is 9.10. The van der Waals surface area contributed by atoms with Gasteiger partial charge < -0.3 is 4.74 Å². The fourth-order valence-electron chi connectivity index (χ4n) is 1.51. The summed E-state index contributed by atoms with van der Waals surface area (Å²) in [5.74, 6) is -0.298. The average molecular weight is 378 g/mol. The molecule has 2 nitrogen and oxygen atoms in total. The Hall–Kier alpha value is -1.10. The van der Waals surface area contributed by atoms with Gasteiger partial charge in [0, 0.05) is 10.6 Å². The van der Waals surface area contributed by atoms with Crippen molar-refractivity contribution >= 4 is 44.9 Å². The van der Waals surface area contributed by atoms with Crippen LogP contribution in [-0.4, -0.2) is 12.4 Å². The number of benzene rings is 2. The SMILES string of the molecule is O=C(COc1ccc(F)c(Br)c1)c1ccc(Cl)cc1Cl. The molecular formula is C14H8BrCl2FO2. The molecule has 0 aliphatic carbocycles. The number of ketones is 1.